The van der Waals surface area contributed by atoms with E-state index in [2.05, 4.69) is 22.2 Å². The van der Waals surface area contributed by atoms with Gasteiger partial charge in [-0.3, -0.25) is 4.79 Å². The molecule has 0 radical (unpaired) electrons. The van der Waals surface area contributed by atoms with Crippen molar-refractivity contribution >= 4 is 34.6 Å². The van der Waals surface area contributed by atoms with Gasteiger partial charge < -0.3 is 20.9 Å². The monoisotopic (exact) mass is 358 g/mol. The maximum atomic E-state index is 12.5. The number of hydrogen-bond acceptors (Lipinski definition) is 4. The molecular weight excluding hydrogens is 336 g/mol. The van der Waals surface area contributed by atoms with Crippen LogP contribution in [-0.4, -0.2) is 44.0 Å². The lowest BCUT2D eigenvalue weighted by Gasteiger charge is -2.35. The molecule has 2 aromatic rings. The second-order valence-electron chi connectivity index (χ2n) is 6.50. The molecule has 0 bridgehead atoms. The molecule has 1 amide bonds. The summed E-state index contributed by atoms with van der Waals surface area (Å²) in [4.78, 5) is 17.0. The highest BCUT2D eigenvalue weighted by Crippen LogP contribution is 2.34. The third-order valence-electron chi connectivity index (χ3n) is 4.49. The Morgan fingerprint density at radius 3 is 2.56 bits per heavy atom. The van der Waals surface area contributed by atoms with Gasteiger partial charge in [0.15, 0.2) is 0 Å². The Bertz CT molecular complexity index is 785. The van der Waals surface area contributed by atoms with Crippen LogP contribution in [0, 0.1) is 6.92 Å². The number of rotatable bonds is 3. The predicted molar refractivity (Wildman–Crippen MR) is 105 cm³/mol. The number of nitrogens with two attached hydrogens (primary N) is 1. The molecule has 0 saturated carbocycles. The number of carbonyl (C=O) groups excluding carboxylic acids is 1. The van der Waals surface area contributed by atoms with Gasteiger partial charge in [-0.05, 0) is 38.2 Å². The van der Waals surface area contributed by atoms with E-state index in [4.69, 9.17) is 17.3 Å². The molecule has 1 saturated heterocycles. The van der Waals surface area contributed by atoms with Crippen LogP contribution in [0.25, 0.3) is 0 Å². The van der Waals surface area contributed by atoms with E-state index >= 15 is 0 Å². The van der Waals surface area contributed by atoms with Gasteiger partial charge in [0.2, 0.25) is 0 Å². The summed E-state index contributed by atoms with van der Waals surface area (Å²) >= 11 is 6.30. The normalized spacial score (nSPS) is 15.2. The molecule has 0 atom stereocenters. The molecule has 25 heavy (non-hydrogen) atoms. The largest absolute Gasteiger partial charge is 0.397 e. The van der Waals surface area contributed by atoms with Gasteiger partial charge in [-0.1, -0.05) is 29.3 Å². The van der Waals surface area contributed by atoms with E-state index in [1.54, 1.807) is 12.1 Å². The summed E-state index contributed by atoms with van der Waals surface area (Å²) in [5.74, 6) is -0.181. The van der Waals surface area contributed by atoms with Crippen LogP contribution < -0.4 is 16.0 Å². The zero-order chi connectivity index (χ0) is 18.0. The van der Waals surface area contributed by atoms with Gasteiger partial charge >= 0.3 is 0 Å². The highest BCUT2D eigenvalue weighted by Gasteiger charge is 2.19. The first kappa shape index (κ1) is 17.6. The first-order valence-electron chi connectivity index (χ1n) is 8.34. The summed E-state index contributed by atoms with van der Waals surface area (Å²) in [7, 11) is 2.11. The van der Waals surface area contributed by atoms with E-state index in [0.717, 1.165) is 37.4 Å². The standard InChI is InChI=1S/C19H23ClN4O/c1-13-4-3-5-14(10-13)19(25)22-17-12-18(16(21)11-15(17)20)24-8-6-23(2)7-9-24/h3-5,10-12H,6-9,21H2,1-2H3,(H,22,25). The predicted octanol–water partition coefficient (Wildman–Crippen LogP) is 3.23. The number of amides is 1. The maximum absolute atomic E-state index is 12.5. The van der Waals surface area contributed by atoms with Crippen LogP contribution in [0.1, 0.15) is 15.9 Å². The number of nitrogen functional groups attached to an aromatic ring is 1. The van der Waals surface area contributed by atoms with Crippen molar-refractivity contribution in [2.75, 3.05) is 49.2 Å². The van der Waals surface area contributed by atoms with E-state index in [-0.39, 0.29) is 5.91 Å². The minimum absolute atomic E-state index is 0.181. The average Bonchev–Trinajstić information content (AvgIpc) is 2.58. The number of aryl methyl sites for hydroxylation is 1. The van der Waals surface area contributed by atoms with Gasteiger partial charge in [0, 0.05) is 31.7 Å². The SMILES string of the molecule is Cc1cccc(C(=O)Nc2cc(N3CCN(C)CC3)c(N)cc2Cl)c1. The van der Waals surface area contributed by atoms with E-state index < -0.39 is 0 Å². The van der Waals surface area contributed by atoms with Gasteiger partial charge in [0.1, 0.15) is 0 Å². The number of likely N-dealkylation sites (N-methyl/N-ethyl adjacent to an activating group) is 1. The molecule has 0 spiro atoms. The number of carbonyl (C=O) groups is 1. The maximum Gasteiger partial charge on any atom is 0.255 e. The second-order valence-corrected chi connectivity index (χ2v) is 6.91. The highest BCUT2D eigenvalue weighted by atomic mass is 35.5. The smallest absolute Gasteiger partial charge is 0.255 e. The number of nitrogens with one attached hydrogen (secondary N) is 1. The molecule has 132 valence electrons. The van der Waals surface area contributed by atoms with E-state index in [1.807, 2.05) is 31.2 Å². The molecule has 1 heterocycles. The summed E-state index contributed by atoms with van der Waals surface area (Å²) in [5.41, 5.74) is 9.93. The van der Waals surface area contributed by atoms with Crippen LogP contribution in [0.4, 0.5) is 17.1 Å². The molecule has 5 nitrogen and oxygen atoms in total. The fraction of sp³-hybridized carbons (Fsp3) is 0.316. The van der Waals surface area contributed by atoms with Crippen molar-refractivity contribution in [3.63, 3.8) is 0 Å². The van der Waals surface area contributed by atoms with Crippen molar-refractivity contribution in [1.82, 2.24) is 4.90 Å². The van der Waals surface area contributed by atoms with Crippen LogP contribution >= 0.6 is 11.6 Å². The molecule has 6 heteroatoms. The lowest BCUT2D eigenvalue weighted by molar-refractivity contribution is 0.102. The molecule has 1 aliphatic rings. The number of piperazine rings is 1. The Hall–Kier alpha value is -2.24. The molecule has 1 aliphatic heterocycles. The number of nitrogens with zero attached hydrogens (tertiary/aromatic N) is 2. The van der Waals surface area contributed by atoms with Gasteiger partial charge in [0.05, 0.1) is 22.1 Å². The Labute approximate surface area is 153 Å². The Balaban J connectivity index is 1.84. The van der Waals surface area contributed by atoms with Crippen LogP contribution in [0.2, 0.25) is 5.02 Å². The number of anilines is 3. The van der Waals surface area contributed by atoms with Crippen molar-refractivity contribution in [3.8, 4) is 0 Å². The van der Waals surface area contributed by atoms with Gasteiger partial charge in [-0.25, -0.2) is 0 Å². The van der Waals surface area contributed by atoms with E-state index in [1.165, 1.54) is 0 Å². The lowest BCUT2D eigenvalue weighted by Crippen LogP contribution is -2.44. The third-order valence-corrected chi connectivity index (χ3v) is 4.80. The number of halogens is 1. The number of benzene rings is 2. The summed E-state index contributed by atoms with van der Waals surface area (Å²) in [5, 5.41) is 3.35. The quantitative estimate of drug-likeness (QED) is 0.827. The first-order chi connectivity index (χ1) is 11.9. The van der Waals surface area contributed by atoms with Crippen LogP contribution in [0.15, 0.2) is 36.4 Å². The van der Waals surface area contributed by atoms with E-state index in [0.29, 0.717) is 22.0 Å². The van der Waals surface area contributed by atoms with Crippen LogP contribution in [-0.2, 0) is 0 Å². The Kier molecular flexibility index (Phi) is 5.16. The summed E-state index contributed by atoms with van der Waals surface area (Å²) in [6.45, 7) is 5.71. The molecule has 0 aliphatic carbocycles. The van der Waals surface area contributed by atoms with Crippen molar-refractivity contribution in [1.29, 1.82) is 0 Å². The fourth-order valence-corrected chi connectivity index (χ4v) is 3.19. The zero-order valence-electron chi connectivity index (χ0n) is 14.6. The zero-order valence-corrected chi connectivity index (χ0v) is 15.3. The Morgan fingerprint density at radius 2 is 1.88 bits per heavy atom. The van der Waals surface area contributed by atoms with Crippen molar-refractivity contribution in [3.05, 3.63) is 52.5 Å². The van der Waals surface area contributed by atoms with Crippen LogP contribution in [0.3, 0.4) is 0 Å². The molecule has 2 aromatic carbocycles. The first-order valence-corrected chi connectivity index (χ1v) is 8.72. The van der Waals surface area contributed by atoms with Crippen molar-refractivity contribution < 1.29 is 4.79 Å². The van der Waals surface area contributed by atoms with Crippen molar-refractivity contribution in [2.24, 2.45) is 0 Å². The summed E-state index contributed by atoms with van der Waals surface area (Å²) < 4.78 is 0. The summed E-state index contributed by atoms with van der Waals surface area (Å²) in [6, 6.07) is 11.0. The minimum Gasteiger partial charge on any atom is -0.397 e. The van der Waals surface area contributed by atoms with E-state index in [9.17, 15) is 4.79 Å². The third kappa shape index (κ3) is 4.06. The molecule has 1 fully saturated rings. The topological polar surface area (TPSA) is 61.6 Å². The van der Waals surface area contributed by atoms with Crippen molar-refractivity contribution in [2.45, 2.75) is 6.92 Å². The van der Waals surface area contributed by atoms with Gasteiger partial charge in [-0.2, -0.15) is 0 Å². The molecular formula is C19H23ClN4O. The second kappa shape index (κ2) is 7.33. The molecule has 0 aromatic heterocycles. The molecule has 3 N–H and O–H groups in total. The van der Waals surface area contributed by atoms with Gasteiger partial charge in [-0.15, -0.1) is 0 Å². The number of hydrogen-bond donors (Lipinski definition) is 2. The lowest BCUT2D eigenvalue weighted by atomic mass is 10.1. The molecule has 3 rings (SSSR count). The summed E-state index contributed by atoms with van der Waals surface area (Å²) in [6.07, 6.45) is 0. The Morgan fingerprint density at radius 1 is 1.16 bits per heavy atom. The average molecular weight is 359 g/mol. The van der Waals surface area contributed by atoms with Crippen LogP contribution in [0.5, 0.6) is 0 Å². The minimum atomic E-state index is -0.181. The molecule has 0 unspecified atom stereocenters. The fourth-order valence-electron chi connectivity index (χ4n) is 2.98. The highest BCUT2D eigenvalue weighted by molar-refractivity contribution is 6.34. The van der Waals surface area contributed by atoms with Gasteiger partial charge in [0.25, 0.3) is 5.91 Å².